The van der Waals surface area contributed by atoms with Gasteiger partial charge in [-0.15, -0.1) is 0 Å². The second-order valence-corrected chi connectivity index (χ2v) is 4.84. The Morgan fingerprint density at radius 1 is 1.00 bits per heavy atom. The Hall–Kier alpha value is -1.63. The van der Waals surface area contributed by atoms with Crippen molar-refractivity contribution in [3.05, 3.63) is 69.8 Å². The van der Waals surface area contributed by atoms with Crippen molar-refractivity contribution in [2.45, 2.75) is 12.5 Å². The molecule has 2 aromatic rings. The molecule has 2 aromatic carbocycles. The monoisotopic (exact) mass is 318 g/mol. The molecule has 0 bridgehead atoms. The molecule has 0 amide bonds. The van der Waals surface area contributed by atoms with Crippen LogP contribution in [0.25, 0.3) is 0 Å². The molecule has 0 saturated carbocycles. The number of hydrogen-bond donors (Lipinski definition) is 2. The predicted molar refractivity (Wildman–Crippen MR) is 71.5 cm³/mol. The van der Waals surface area contributed by atoms with E-state index in [1.165, 1.54) is 18.2 Å². The summed E-state index contributed by atoms with van der Waals surface area (Å²) in [5.41, 5.74) is 2.63. The van der Waals surface area contributed by atoms with E-state index in [9.17, 15) is 17.6 Å². The molecule has 0 aliphatic rings. The van der Waals surface area contributed by atoms with Gasteiger partial charge in [0, 0.05) is 5.56 Å². The van der Waals surface area contributed by atoms with Crippen molar-refractivity contribution in [2.75, 3.05) is 0 Å². The van der Waals surface area contributed by atoms with Gasteiger partial charge in [-0.1, -0.05) is 23.7 Å². The summed E-state index contributed by atoms with van der Waals surface area (Å²) in [6.45, 7) is 0. The zero-order chi connectivity index (χ0) is 15.6. The van der Waals surface area contributed by atoms with Gasteiger partial charge in [-0.05, 0) is 30.2 Å². The third-order valence-corrected chi connectivity index (χ3v) is 3.37. The summed E-state index contributed by atoms with van der Waals surface area (Å²) in [6.07, 6.45) is 0.0760. The molecular weight excluding hydrogens is 308 g/mol. The lowest BCUT2D eigenvalue weighted by Gasteiger charge is -2.17. The van der Waals surface area contributed by atoms with E-state index in [1.54, 1.807) is 0 Å². The molecule has 2 nitrogen and oxygen atoms in total. The van der Waals surface area contributed by atoms with Gasteiger partial charge < -0.3 is 0 Å². The SMILES string of the molecule is NNC(Cc1ccc(Cl)c(F)c1)c1ccc(F)c(F)c1F. The molecule has 21 heavy (non-hydrogen) atoms. The van der Waals surface area contributed by atoms with Crippen LogP contribution in [-0.2, 0) is 6.42 Å². The number of halogens is 5. The van der Waals surface area contributed by atoms with Gasteiger partial charge >= 0.3 is 0 Å². The van der Waals surface area contributed by atoms with Crippen LogP contribution in [0.5, 0.6) is 0 Å². The van der Waals surface area contributed by atoms with E-state index < -0.39 is 29.3 Å². The Bertz CT molecular complexity index is 664. The first-order chi connectivity index (χ1) is 9.93. The third-order valence-electron chi connectivity index (χ3n) is 3.07. The van der Waals surface area contributed by atoms with Crippen LogP contribution in [0.3, 0.4) is 0 Å². The molecule has 112 valence electrons. The summed E-state index contributed by atoms with van der Waals surface area (Å²) in [7, 11) is 0. The fraction of sp³-hybridized carbons (Fsp3) is 0.143. The van der Waals surface area contributed by atoms with Crippen molar-refractivity contribution in [2.24, 2.45) is 5.84 Å². The van der Waals surface area contributed by atoms with Crippen LogP contribution in [0.2, 0.25) is 5.02 Å². The lowest BCUT2D eigenvalue weighted by Crippen LogP contribution is -2.30. The molecule has 3 N–H and O–H groups in total. The predicted octanol–water partition coefficient (Wildman–Crippen LogP) is 3.64. The maximum Gasteiger partial charge on any atom is 0.194 e. The van der Waals surface area contributed by atoms with E-state index in [0.717, 1.165) is 12.1 Å². The van der Waals surface area contributed by atoms with Gasteiger partial charge in [0.25, 0.3) is 0 Å². The standard InChI is InChI=1S/C14H11ClF4N2/c15-9-3-1-7(5-11(9)17)6-12(21-20)8-2-4-10(16)14(19)13(8)18/h1-5,12,21H,6,20H2. The number of hydrazine groups is 1. The van der Waals surface area contributed by atoms with Gasteiger partial charge in [0.1, 0.15) is 5.82 Å². The van der Waals surface area contributed by atoms with E-state index in [0.29, 0.717) is 5.56 Å². The summed E-state index contributed by atoms with van der Waals surface area (Å²) < 4.78 is 53.3. The van der Waals surface area contributed by atoms with Crippen LogP contribution in [0.15, 0.2) is 30.3 Å². The van der Waals surface area contributed by atoms with Crippen LogP contribution in [0.4, 0.5) is 17.6 Å². The zero-order valence-corrected chi connectivity index (χ0v) is 11.4. The van der Waals surface area contributed by atoms with E-state index in [2.05, 4.69) is 5.43 Å². The molecule has 0 heterocycles. The van der Waals surface area contributed by atoms with Gasteiger partial charge in [-0.2, -0.15) is 0 Å². The summed E-state index contributed by atoms with van der Waals surface area (Å²) >= 11 is 5.56. The second kappa shape index (κ2) is 6.43. The Balaban J connectivity index is 2.32. The molecule has 0 radical (unpaired) electrons. The van der Waals surface area contributed by atoms with Gasteiger partial charge in [0.15, 0.2) is 17.5 Å². The molecule has 7 heteroatoms. The van der Waals surface area contributed by atoms with Crippen molar-refractivity contribution in [1.82, 2.24) is 5.43 Å². The molecule has 0 saturated heterocycles. The van der Waals surface area contributed by atoms with Crippen molar-refractivity contribution in [3.63, 3.8) is 0 Å². The molecule has 0 fully saturated rings. The topological polar surface area (TPSA) is 38.0 Å². The Kier molecular flexibility index (Phi) is 4.82. The minimum atomic E-state index is -1.57. The lowest BCUT2D eigenvalue weighted by atomic mass is 9.98. The zero-order valence-electron chi connectivity index (χ0n) is 10.6. The highest BCUT2D eigenvalue weighted by molar-refractivity contribution is 6.30. The highest BCUT2D eigenvalue weighted by Crippen LogP contribution is 2.25. The number of hydrogen-bond acceptors (Lipinski definition) is 2. The lowest BCUT2D eigenvalue weighted by molar-refractivity contribution is 0.424. The van der Waals surface area contributed by atoms with E-state index >= 15 is 0 Å². The van der Waals surface area contributed by atoms with Crippen molar-refractivity contribution in [1.29, 1.82) is 0 Å². The minimum absolute atomic E-state index is 0.0463. The van der Waals surface area contributed by atoms with Crippen molar-refractivity contribution >= 4 is 11.6 Å². The summed E-state index contributed by atoms with van der Waals surface area (Å²) in [4.78, 5) is 0. The first kappa shape index (κ1) is 15.8. The van der Waals surface area contributed by atoms with E-state index in [1.807, 2.05) is 0 Å². The molecule has 2 rings (SSSR count). The number of rotatable bonds is 4. The normalized spacial score (nSPS) is 12.5. The average Bonchev–Trinajstić information content (AvgIpc) is 2.47. The highest BCUT2D eigenvalue weighted by atomic mass is 35.5. The summed E-state index contributed by atoms with van der Waals surface area (Å²) in [6, 6.07) is 5.10. The van der Waals surface area contributed by atoms with Crippen LogP contribution in [-0.4, -0.2) is 0 Å². The number of nitrogens with two attached hydrogens (primary N) is 1. The van der Waals surface area contributed by atoms with Crippen molar-refractivity contribution < 1.29 is 17.6 Å². The first-order valence-corrected chi connectivity index (χ1v) is 6.35. The summed E-state index contributed by atoms with van der Waals surface area (Å²) in [5.74, 6) is 0.508. The maximum absolute atomic E-state index is 13.7. The van der Waals surface area contributed by atoms with Crippen molar-refractivity contribution in [3.8, 4) is 0 Å². The smallest absolute Gasteiger partial charge is 0.194 e. The largest absolute Gasteiger partial charge is 0.271 e. The molecule has 0 aliphatic heterocycles. The van der Waals surface area contributed by atoms with E-state index in [-0.39, 0.29) is 17.0 Å². The Morgan fingerprint density at radius 3 is 2.33 bits per heavy atom. The Labute approximate surface area is 123 Å². The van der Waals surface area contributed by atoms with Crippen LogP contribution >= 0.6 is 11.6 Å². The molecule has 1 unspecified atom stereocenters. The van der Waals surface area contributed by atoms with Gasteiger partial charge in [0.2, 0.25) is 0 Å². The molecule has 0 aliphatic carbocycles. The maximum atomic E-state index is 13.7. The fourth-order valence-electron chi connectivity index (χ4n) is 1.97. The molecule has 1 atom stereocenters. The van der Waals surface area contributed by atoms with E-state index in [4.69, 9.17) is 17.4 Å². The minimum Gasteiger partial charge on any atom is -0.271 e. The van der Waals surface area contributed by atoms with Gasteiger partial charge in [-0.3, -0.25) is 11.3 Å². The van der Waals surface area contributed by atoms with Crippen LogP contribution in [0, 0.1) is 23.3 Å². The quantitative estimate of drug-likeness (QED) is 0.391. The first-order valence-electron chi connectivity index (χ1n) is 5.97. The van der Waals surface area contributed by atoms with Crippen LogP contribution in [0.1, 0.15) is 17.2 Å². The summed E-state index contributed by atoms with van der Waals surface area (Å²) in [5, 5.41) is -0.0463. The van der Waals surface area contributed by atoms with Gasteiger partial charge in [0.05, 0.1) is 11.1 Å². The second-order valence-electron chi connectivity index (χ2n) is 4.44. The molecule has 0 aromatic heterocycles. The third kappa shape index (κ3) is 3.34. The van der Waals surface area contributed by atoms with Crippen LogP contribution < -0.4 is 11.3 Å². The Morgan fingerprint density at radius 2 is 1.71 bits per heavy atom. The number of nitrogens with one attached hydrogen (secondary N) is 1. The van der Waals surface area contributed by atoms with Gasteiger partial charge in [-0.25, -0.2) is 17.6 Å². The molecular formula is C14H11ClF4N2. The number of benzene rings is 2. The molecule has 0 spiro atoms. The highest BCUT2D eigenvalue weighted by Gasteiger charge is 2.20. The average molecular weight is 319 g/mol. The fourth-order valence-corrected chi connectivity index (χ4v) is 2.09.